The number of piperidine rings is 1. The Bertz CT molecular complexity index is 170. The van der Waals surface area contributed by atoms with E-state index in [9.17, 15) is 4.91 Å². The van der Waals surface area contributed by atoms with Crippen LogP contribution in [-0.4, -0.2) is 17.6 Å². The van der Waals surface area contributed by atoms with Crippen LogP contribution in [0, 0.1) is 10.8 Å². The second-order valence-corrected chi connectivity index (χ2v) is 4.00. The van der Waals surface area contributed by atoms with E-state index < -0.39 is 0 Å². The van der Waals surface area contributed by atoms with Crippen molar-refractivity contribution < 1.29 is 0 Å². The maximum atomic E-state index is 10.5. The van der Waals surface area contributed by atoms with Crippen LogP contribution in [-0.2, 0) is 0 Å². The summed E-state index contributed by atoms with van der Waals surface area (Å²) in [6.45, 7) is 0.894. The van der Waals surface area contributed by atoms with E-state index in [1.165, 1.54) is 32.1 Å². The van der Waals surface area contributed by atoms with E-state index >= 15 is 0 Å². The highest BCUT2D eigenvalue weighted by molar-refractivity contribution is 4.85. The smallest absolute Gasteiger partial charge is 0.0530 e. The summed E-state index contributed by atoms with van der Waals surface area (Å²) in [4.78, 5) is 10.5. The molecule has 0 aromatic rings. The Labute approximate surface area is 73.1 Å². The van der Waals surface area contributed by atoms with Crippen molar-refractivity contribution in [3.63, 3.8) is 0 Å². The van der Waals surface area contributed by atoms with Crippen molar-refractivity contribution in [2.75, 3.05) is 6.54 Å². The molecule has 1 saturated heterocycles. The summed E-state index contributed by atoms with van der Waals surface area (Å²) in [6, 6.07) is 0.491. The highest BCUT2D eigenvalue weighted by Crippen LogP contribution is 2.35. The fourth-order valence-corrected chi connectivity index (χ4v) is 2.70. The van der Waals surface area contributed by atoms with Crippen LogP contribution >= 0.6 is 0 Å². The molecule has 0 aromatic carbocycles. The fourth-order valence-electron chi connectivity index (χ4n) is 2.70. The standard InChI is InChI=1S/C9H16N2O/c12-10-11-7-3-5-8-4-1-2-6-9(8)11/h8-9H,1-7H2/t8-,9-/m1/s1. The Kier molecular flexibility index (Phi) is 2.28. The van der Waals surface area contributed by atoms with Gasteiger partial charge in [0.15, 0.2) is 0 Å². The van der Waals surface area contributed by atoms with Crippen molar-refractivity contribution in [3.05, 3.63) is 4.91 Å². The van der Waals surface area contributed by atoms with Gasteiger partial charge in [-0.15, -0.1) is 4.91 Å². The maximum Gasteiger partial charge on any atom is 0.0530 e. The number of hydrogen-bond donors (Lipinski definition) is 0. The number of fused-ring (bicyclic) bond motifs is 1. The van der Waals surface area contributed by atoms with E-state index in [2.05, 4.69) is 5.29 Å². The summed E-state index contributed by atoms with van der Waals surface area (Å²) in [5, 5.41) is 4.90. The fraction of sp³-hybridized carbons (Fsp3) is 1.00. The highest BCUT2D eigenvalue weighted by atomic mass is 16.3. The molecule has 0 N–H and O–H groups in total. The lowest BCUT2D eigenvalue weighted by Crippen LogP contribution is -2.43. The molecule has 3 heteroatoms. The van der Waals surface area contributed by atoms with Crippen LogP contribution in [0.25, 0.3) is 0 Å². The van der Waals surface area contributed by atoms with Crippen LogP contribution in [0.1, 0.15) is 38.5 Å². The zero-order valence-corrected chi connectivity index (χ0v) is 7.41. The summed E-state index contributed by atoms with van der Waals surface area (Å²) in [5.74, 6) is 0.769. The normalized spacial score (nSPS) is 35.8. The van der Waals surface area contributed by atoms with Gasteiger partial charge in [0.2, 0.25) is 0 Å². The van der Waals surface area contributed by atoms with Crippen LogP contribution in [0.4, 0.5) is 0 Å². The third kappa shape index (κ3) is 1.32. The predicted molar refractivity (Wildman–Crippen MR) is 47.5 cm³/mol. The van der Waals surface area contributed by atoms with E-state index in [0.29, 0.717) is 6.04 Å². The van der Waals surface area contributed by atoms with Crippen molar-refractivity contribution in [1.82, 2.24) is 5.01 Å². The molecule has 2 atom stereocenters. The Morgan fingerprint density at radius 3 is 2.67 bits per heavy atom. The first-order chi connectivity index (χ1) is 5.92. The molecule has 0 spiro atoms. The van der Waals surface area contributed by atoms with E-state index in [0.717, 1.165) is 18.9 Å². The first-order valence-corrected chi connectivity index (χ1v) is 5.02. The van der Waals surface area contributed by atoms with E-state index in [1.807, 2.05) is 0 Å². The topological polar surface area (TPSA) is 32.7 Å². The molecule has 12 heavy (non-hydrogen) atoms. The first-order valence-electron chi connectivity index (χ1n) is 5.02. The van der Waals surface area contributed by atoms with Gasteiger partial charge in [0, 0.05) is 6.54 Å². The largest absolute Gasteiger partial charge is 0.258 e. The summed E-state index contributed by atoms with van der Waals surface area (Å²) >= 11 is 0. The molecule has 1 heterocycles. The van der Waals surface area contributed by atoms with Gasteiger partial charge in [-0.05, 0) is 31.6 Å². The van der Waals surface area contributed by atoms with Gasteiger partial charge in [0.1, 0.15) is 0 Å². The lowest BCUT2D eigenvalue weighted by atomic mass is 9.79. The lowest BCUT2D eigenvalue weighted by molar-refractivity contribution is 0.0620. The summed E-state index contributed by atoms with van der Waals surface area (Å²) in [6.07, 6.45) is 7.62. The van der Waals surface area contributed by atoms with E-state index in [1.54, 1.807) is 5.01 Å². The van der Waals surface area contributed by atoms with Crippen molar-refractivity contribution >= 4 is 0 Å². The average Bonchev–Trinajstić information content (AvgIpc) is 2.17. The quantitative estimate of drug-likeness (QED) is 0.563. The molecule has 0 unspecified atom stereocenters. The van der Waals surface area contributed by atoms with Crippen LogP contribution in [0.2, 0.25) is 0 Å². The predicted octanol–water partition coefficient (Wildman–Crippen LogP) is 2.32. The monoisotopic (exact) mass is 168 g/mol. The van der Waals surface area contributed by atoms with Gasteiger partial charge >= 0.3 is 0 Å². The SMILES string of the molecule is O=NN1CCC[C@H]2CCCC[C@H]21. The third-order valence-corrected chi connectivity index (χ3v) is 3.32. The van der Waals surface area contributed by atoms with Crippen molar-refractivity contribution in [2.24, 2.45) is 11.2 Å². The second-order valence-electron chi connectivity index (χ2n) is 4.00. The molecular weight excluding hydrogens is 152 g/mol. The summed E-state index contributed by atoms with van der Waals surface area (Å²) in [5.41, 5.74) is 0. The molecule has 2 aliphatic rings. The molecule has 0 bridgehead atoms. The molecular formula is C9H16N2O. The van der Waals surface area contributed by atoms with Crippen molar-refractivity contribution in [3.8, 4) is 0 Å². The molecule has 2 rings (SSSR count). The minimum Gasteiger partial charge on any atom is -0.258 e. The number of nitroso groups, excluding NO2 is 1. The molecule has 1 saturated carbocycles. The highest BCUT2D eigenvalue weighted by Gasteiger charge is 2.33. The van der Waals surface area contributed by atoms with Gasteiger partial charge in [-0.3, -0.25) is 5.01 Å². The minimum absolute atomic E-state index is 0.491. The third-order valence-electron chi connectivity index (χ3n) is 3.32. The van der Waals surface area contributed by atoms with Crippen LogP contribution in [0.3, 0.4) is 0 Å². The van der Waals surface area contributed by atoms with Gasteiger partial charge in [0.05, 0.1) is 11.3 Å². The Morgan fingerprint density at radius 1 is 1.08 bits per heavy atom. The Morgan fingerprint density at radius 2 is 1.83 bits per heavy atom. The van der Waals surface area contributed by atoms with Crippen LogP contribution < -0.4 is 0 Å². The van der Waals surface area contributed by atoms with Gasteiger partial charge < -0.3 is 0 Å². The van der Waals surface area contributed by atoms with E-state index in [4.69, 9.17) is 0 Å². The molecule has 0 amide bonds. The molecule has 3 nitrogen and oxygen atoms in total. The number of nitrogens with zero attached hydrogens (tertiary/aromatic N) is 2. The Hall–Kier alpha value is -0.600. The zero-order valence-electron chi connectivity index (χ0n) is 7.41. The van der Waals surface area contributed by atoms with Gasteiger partial charge in [-0.25, -0.2) is 0 Å². The lowest BCUT2D eigenvalue weighted by Gasteiger charge is -2.40. The van der Waals surface area contributed by atoms with Gasteiger partial charge in [0.25, 0.3) is 0 Å². The molecule has 1 aliphatic carbocycles. The van der Waals surface area contributed by atoms with Crippen molar-refractivity contribution in [2.45, 2.75) is 44.6 Å². The molecule has 1 aliphatic heterocycles. The van der Waals surface area contributed by atoms with Gasteiger partial charge in [-0.2, -0.15) is 0 Å². The summed E-state index contributed by atoms with van der Waals surface area (Å²) in [7, 11) is 0. The van der Waals surface area contributed by atoms with Crippen LogP contribution in [0.5, 0.6) is 0 Å². The first kappa shape index (κ1) is 8.02. The molecule has 0 aromatic heterocycles. The zero-order chi connectivity index (χ0) is 8.39. The average molecular weight is 168 g/mol. The van der Waals surface area contributed by atoms with E-state index in [-0.39, 0.29) is 0 Å². The molecule has 2 fully saturated rings. The van der Waals surface area contributed by atoms with Crippen LogP contribution in [0.15, 0.2) is 5.29 Å². The second kappa shape index (κ2) is 3.42. The Balaban J connectivity index is 2.03. The van der Waals surface area contributed by atoms with Crippen molar-refractivity contribution in [1.29, 1.82) is 0 Å². The van der Waals surface area contributed by atoms with Gasteiger partial charge in [-0.1, -0.05) is 12.8 Å². The minimum atomic E-state index is 0.491. The number of rotatable bonds is 1. The molecule has 0 radical (unpaired) electrons. The molecule has 68 valence electrons. The maximum absolute atomic E-state index is 10.5. The number of hydrogen-bond acceptors (Lipinski definition) is 2. The summed E-state index contributed by atoms with van der Waals surface area (Å²) < 4.78 is 0.